The third kappa shape index (κ3) is 4.17. The van der Waals surface area contributed by atoms with Gasteiger partial charge in [-0.1, -0.05) is 29.8 Å². The fraction of sp³-hybridized carbons (Fsp3) is 0.154. The Hall–Kier alpha value is -3.77. The number of rotatable bonds is 6. The van der Waals surface area contributed by atoms with Crippen molar-refractivity contribution in [3.63, 3.8) is 0 Å². The van der Waals surface area contributed by atoms with E-state index in [1.807, 2.05) is 26.0 Å². The quantitative estimate of drug-likeness (QED) is 0.499. The molecule has 3 aromatic rings. The molecule has 7 heteroatoms. The Morgan fingerprint density at radius 2 is 1.61 bits per heavy atom. The van der Waals surface area contributed by atoms with E-state index in [0.29, 0.717) is 33.5 Å². The first kappa shape index (κ1) is 22.4. The van der Waals surface area contributed by atoms with E-state index in [1.54, 1.807) is 48.5 Å². The van der Waals surface area contributed by atoms with E-state index in [1.165, 1.54) is 19.1 Å². The monoisotopic (exact) mass is 462 g/mol. The lowest BCUT2D eigenvalue weighted by molar-refractivity contribution is -0.120. The maximum absolute atomic E-state index is 13.6. The van der Waals surface area contributed by atoms with Crippen LogP contribution < -0.4 is 19.7 Å². The highest BCUT2D eigenvalue weighted by Gasteiger charge is 2.40. The van der Waals surface area contributed by atoms with Crippen LogP contribution in [0.15, 0.2) is 66.4 Å². The minimum absolute atomic E-state index is 0.180. The zero-order valence-electron chi connectivity index (χ0n) is 18.7. The molecule has 1 aliphatic rings. The molecule has 1 N–H and O–H groups in total. The number of benzene rings is 3. The Morgan fingerprint density at radius 3 is 2.27 bits per heavy atom. The van der Waals surface area contributed by atoms with Crippen LogP contribution in [0, 0.1) is 13.8 Å². The molecule has 0 saturated carbocycles. The minimum atomic E-state index is -0.440. The maximum atomic E-state index is 13.6. The van der Waals surface area contributed by atoms with E-state index in [9.17, 15) is 9.59 Å². The number of amides is 2. The number of imide groups is 1. The molecule has 4 rings (SSSR count). The Bertz CT molecular complexity index is 1300. The second-order valence-electron chi connectivity index (χ2n) is 7.69. The van der Waals surface area contributed by atoms with Gasteiger partial charge in [0.25, 0.3) is 11.8 Å². The molecule has 0 unspecified atom stereocenters. The van der Waals surface area contributed by atoms with E-state index in [4.69, 9.17) is 21.1 Å². The highest BCUT2D eigenvalue weighted by atomic mass is 35.5. The molecule has 0 atom stereocenters. The van der Waals surface area contributed by atoms with Gasteiger partial charge in [-0.3, -0.25) is 9.59 Å². The summed E-state index contributed by atoms with van der Waals surface area (Å²) in [6.45, 7) is 3.79. The molecule has 0 spiro atoms. The van der Waals surface area contributed by atoms with Crippen LogP contribution in [0.5, 0.6) is 11.5 Å². The first-order valence-corrected chi connectivity index (χ1v) is 10.7. The number of aryl methyl sites for hydroxylation is 2. The molecule has 0 fully saturated rings. The molecule has 0 aromatic heterocycles. The second-order valence-corrected chi connectivity index (χ2v) is 8.13. The lowest BCUT2D eigenvalue weighted by Crippen LogP contribution is -2.32. The number of anilines is 2. The number of halogens is 1. The van der Waals surface area contributed by atoms with E-state index in [2.05, 4.69) is 5.32 Å². The Kier molecular flexibility index (Phi) is 6.11. The van der Waals surface area contributed by atoms with Gasteiger partial charge in [0.15, 0.2) is 11.5 Å². The topological polar surface area (TPSA) is 67.9 Å². The van der Waals surface area contributed by atoms with Crippen LogP contribution in [-0.4, -0.2) is 26.0 Å². The maximum Gasteiger partial charge on any atom is 0.282 e. The fourth-order valence-electron chi connectivity index (χ4n) is 3.81. The summed E-state index contributed by atoms with van der Waals surface area (Å²) in [5, 5.41) is 3.77. The first-order valence-electron chi connectivity index (χ1n) is 10.3. The van der Waals surface area contributed by atoms with Crippen molar-refractivity contribution in [1.82, 2.24) is 0 Å². The van der Waals surface area contributed by atoms with Crippen LogP contribution in [-0.2, 0) is 9.59 Å². The van der Waals surface area contributed by atoms with Gasteiger partial charge in [0, 0.05) is 10.7 Å². The van der Waals surface area contributed by atoms with Crippen molar-refractivity contribution >= 4 is 40.4 Å². The third-order valence-electron chi connectivity index (χ3n) is 5.46. The average molecular weight is 463 g/mol. The predicted octanol–water partition coefficient (Wildman–Crippen LogP) is 5.37. The van der Waals surface area contributed by atoms with Gasteiger partial charge in [0.2, 0.25) is 0 Å². The number of carbonyl (C=O) groups is 2. The summed E-state index contributed by atoms with van der Waals surface area (Å²) in [6, 6.07) is 17.7. The molecule has 1 aliphatic heterocycles. The summed E-state index contributed by atoms with van der Waals surface area (Å²) in [6.07, 6.45) is 0. The lowest BCUT2D eigenvalue weighted by atomic mass is 10.0. The predicted molar refractivity (Wildman–Crippen MR) is 130 cm³/mol. The SMILES string of the molecule is COc1ccc(C2=C(Nc3ccc(Cl)cc3C)C(=O)N(c3cccc(C)c3)C2=O)cc1OC. The number of carbonyl (C=O) groups excluding carboxylic acids is 2. The molecule has 0 bridgehead atoms. The Balaban J connectivity index is 1.87. The standard InChI is InChI=1S/C26H23ClN2O4/c1-15-6-5-7-19(12-15)29-25(30)23(17-8-11-21(32-3)22(14-17)33-4)24(26(29)31)28-20-10-9-18(27)13-16(20)2/h5-14,28H,1-4H3. The highest BCUT2D eigenvalue weighted by molar-refractivity contribution is 6.46. The molecule has 33 heavy (non-hydrogen) atoms. The average Bonchev–Trinajstić information content (AvgIpc) is 3.04. The summed E-state index contributed by atoms with van der Waals surface area (Å²) >= 11 is 6.10. The van der Waals surface area contributed by atoms with E-state index < -0.39 is 11.8 Å². The third-order valence-corrected chi connectivity index (χ3v) is 5.70. The van der Waals surface area contributed by atoms with Crippen LogP contribution in [0.3, 0.4) is 0 Å². The van der Waals surface area contributed by atoms with Crippen LogP contribution in [0.2, 0.25) is 5.02 Å². The van der Waals surface area contributed by atoms with Gasteiger partial charge in [-0.05, 0) is 73.0 Å². The second kappa shape index (κ2) is 9.00. The van der Waals surface area contributed by atoms with Gasteiger partial charge >= 0.3 is 0 Å². The van der Waals surface area contributed by atoms with E-state index in [0.717, 1.165) is 11.1 Å². The van der Waals surface area contributed by atoms with Gasteiger partial charge in [-0.25, -0.2) is 4.90 Å². The summed E-state index contributed by atoms with van der Waals surface area (Å²) in [4.78, 5) is 28.4. The summed E-state index contributed by atoms with van der Waals surface area (Å²) in [5.74, 6) is 0.118. The molecule has 168 valence electrons. The first-order chi connectivity index (χ1) is 15.8. The Labute approximate surface area is 197 Å². The number of methoxy groups -OCH3 is 2. The molecule has 1 heterocycles. The molecule has 0 radical (unpaired) electrons. The molecule has 2 amide bonds. The van der Waals surface area contributed by atoms with Crippen LogP contribution >= 0.6 is 11.6 Å². The van der Waals surface area contributed by atoms with Crippen molar-refractivity contribution < 1.29 is 19.1 Å². The van der Waals surface area contributed by atoms with Gasteiger partial charge in [0.1, 0.15) is 5.70 Å². The van der Waals surface area contributed by atoms with Gasteiger partial charge in [-0.15, -0.1) is 0 Å². The number of ether oxygens (including phenoxy) is 2. The van der Waals surface area contributed by atoms with Crippen LogP contribution in [0.4, 0.5) is 11.4 Å². The highest BCUT2D eigenvalue weighted by Crippen LogP contribution is 2.38. The molecule has 0 aliphatic carbocycles. The number of hydrogen-bond donors (Lipinski definition) is 1. The number of nitrogens with zero attached hydrogens (tertiary/aromatic N) is 1. The van der Waals surface area contributed by atoms with Crippen molar-refractivity contribution in [3.8, 4) is 11.5 Å². The largest absolute Gasteiger partial charge is 0.493 e. The molecule has 0 saturated heterocycles. The fourth-order valence-corrected chi connectivity index (χ4v) is 4.04. The van der Waals surface area contributed by atoms with Crippen molar-refractivity contribution in [1.29, 1.82) is 0 Å². The van der Waals surface area contributed by atoms with Crippen LogP contribution in [0.25, 0.3) is 5.57 Å². The summed E-state index contributed by atoms with van der Waals surface area (Å²) in [5.41, 5.74) is 3.94. The van der Waals surface area contributed by atoms with Crippen molar-refractivity contribution in [2.24, 2.45) is 0 Å². The van der Waals surface area contributed by atoms with E-state index >= 15 is 0 Å². The number of hydrogen-bond acceptors (Lipinski definition) is 5. The molecule has 6 nitrogen and oxygen atoms in total. The summed E-state index contributed by atoms with van der Waals surface area (Å²) < 4.78 is 10.7. The Morgan fingerprint density at radius 1 is 0.848 bits per heavy atom. The molecular formula is C26H23ClN2O4. The van der Waals surface area contributed by atoms with Crippen molar-refractivity contribution in [3.05, 3.63) is 88.1 Å². The smallest absolute Gasteiger partial charge is 0.282 e. The normalized spacial score (nSPS) is 13.5. The van der Waals surface area contributed by atoms with Crippen molar-refractivity contribution in [2.75, 3.05) is 24.4 Å². The number of nitrogens with one attached hydrogen (secondary N) is 1. The molecular weight excluding hydrogens is 440 g/mol. The van der Waals surface area contributed by atoms with Gasteiger partial charge in [0.05, 0.1) is 25.5 Å². The van der Waals surface area contributed by atoms with Crippen molar-refractivity contribution in [2.45, 2.75) is 13.8 Å². The minimum Gasteiger partial charge on any atom is -0.493 e. The summed E-state index contributed by atoms with van der Waals surface area (Å²) in [7, 11) is 3.06. The van der Waals surface area contributed by atoms with Gasteiger partial charge in [-0.2, -0.15) is 0 Å². The zero-order valence-corrected chi connectivity index (χ0v) is 19.5. The van der Waals surface area contributed by atoms with Gasteiger partial charge < -0.3 is 14.8 Å². The van der Waals surface area contributed by atoms with E-state index in [-0.39, 0.29) is 11.3 Å². The zero-order chi connectivity index (χ0) is 23.7. The van der Waals surface area contributed by atoms with Crippen LogP contribution in [0.1, 0.15) is 16.7 Å². The molecule has 3 aromatic carbocycles. The lowest BCUT2D eigenvalue weighted by Gasteiger charge is -2.16.